The molecule has 0 aromatic rings. The monoisotopic (exact) mass is 457 g/mol. The lowest BCUT2D eigenvalue weighted by Gasteiger charge is -2.39. The smallest absolute Gasteiger partial charge is 0.331 e. The van der Waals surface area contributed by atoms with Gasteiger partial charge in [-0.1, -0.05) is 61.4 Å². The normalized spacial score (nSPS) is 31.2. The molecule has 0 amide bonds. The molecule has 0 bridgehead atoms. The summed E-state index contributed by atoms with van der Waals surface area (Å²) in [6.07, 6.45) is 19.2. The third kappa shape index (κ3) is 9.44. The summed E-state index contributed by atoms with van der Waals surface area (Å²) in [5, 5.41) is 10.4. The van der Waals surface area contributed by atoms with E-state index in [1.807, 2.05) is 44.2 Å². The Kier molecular flexibility index (Phi) is 11.3. The first-order chi connectivity index (χ1) is 15.7. The van der Waals surface area contributed by atoms with Gasteiger partial charge < -0.3 is 20.3 Å². The molecule has 2 rings (SSSR count). The standard InChI is InChI=1S/C28H43NO4/c1-6-9-26-22(5)25(30)18-27(33-26)24(29)12-7-10-19(2)16-21(4)17-20(3)14-15-23-11-8-13-28(31)32-23/h6,8-10,13-15,17,21-27,30H,7,11-12,16,18,29H2,1-5H3/b9-6+,15-14+,19-10+,20-17-/t21-,22+,23-,24+,25-,26+,27+/m1/s1. The third-order valence-electron chi connectivity index (χ3n) is 6.44. The number of aliphatic hydroxyl groups excluding tert-OH is 1. The third-order valence-corrected chi connectivity index (χ3v) is 6.44. The number of hydrogen-bond acceptors (Lipinski definition) is 5. The van der Waals surface area contributed by atoms with Gasteiger partial charge in [-0.15, -0.1) is 0 Å². The van der Waals surface area contributed by atoms with Gasteiger partial charge in [0.15, 0.2) is 0 Å². The topological polar surface area (TPSA) is 81.8 Å². The number of aliphatic hydroxyl groups is 1. The van der Waals surface area contributed by atoms with Crippen molar-refractivity contribution in [1.82, 2.24) is 0 Å². The predicted molar refractivity (Wildman–Crippen MR) is 135 cm³/mol. The van der Waals surface area contributed by atoms with Crippen LogP contribution in [-0.2, 0) is 14.3 Å². The fraction of sp³-hybridized carbons (Fsp3) is 0.607. The molecule has 5 nitrogen and oxygen atoms in total. The van der Waals surface area contributed by atoms with Gasteiger partial charge in [-0.2, -0.15) is 0 Å². The maximum absolute atomic E-state index is 11.3. The first-order valence-electron chi connectivity index (χ1n) is 12.3. The van der Waals surface area contributed by atoms with Crippen LogP contribution < -0.4 is 5.73 Å². The van der Waals surface area contributed by atoms with Crippen molar-refractivity contribution in [2.24, 2.45) is 17.6 Å². The Bertz CT molecular complexity index is 779. The number of carbonyl (C=O) groups excluding carboxylic acids is 1. The molecule has 2 heterocycles. The summed E-state index contributed by atoms with van der Waals surface area (Å²) >= 11 is 0. The second-order valence-electron chi connectivity index (χ2n) is 9.68. The van der Waals surface area contributed by atoms with Crippen LogP contribution in [0.3, 0.4) is 0 Å². The van der Waals surface area contributed by atoms with E-state index in [0.717, 1.165) is 25.7 Å². The van der Waals surface area contributed by atoms with Gasteiger partial charge in [0.1, 0.15) is 6.10 Å². The van der Waals surface area contributed by atoms with Gasteiger partial charge in [0, 0.05) is 30.9 Å². The summed E-state index contributed by atoms with van der Waals surface area (Å²) in [7, 11) is 0. The van der Waals surface area contributed by atoms with Crippen molar-refractivity contribution < 1.29 is 19.4 Å². The van der Waals surface area contributed by atoms with Crippen LogP contribution in [0.4, 0.5) is 0 Å². The van der Waals surface area contributed by atoms with Crippen LogP contribution in [0, 0.1) is 11.8 Å². The number of nitrogens with two attached hydrogens (primary N) is 1. The molecule has 5 heteroatoms. The van der Waals surface area contributed by atoms with Gasteiger partial charge in [0.05, 0.1) is 18.3 Å². The summed E-state index contributed by atoms with van der Waals surface area (Å²) in [4.78, 5) is 11.3. The molecule has 1 fully saturated rings. The van der Waals surface area contributed by atoms with Crippen LogP contribution in [0.1, 0.15) is 66.7 Å². The molecule has 0 radical (unpaired) electrons. The number of ether oxygens (including phenoxy) is 2. The Morgan fingerprint density at radius 3 is 2.79 bits per heavy atom. The van der Waals surface area contributed by atoms with Crippen LogP contribution >= 0.6 is 0 Å². The molecule has 0 saturated carbocycles. The van der Waals surface area contributed by atoms with E-state index in [2.05, 4.69) is 32.9 Å². The number of carbonyl (C=O) groups is 1. The Labute approximate surface area is 200 Å². The van der Waals surface area contributed by atoms with Crippen molar-refractivity contribution >= 4 is 5.97 Å². The lowest BCUT2D eigenvalue weighted by Crippen LogP contribution is -2.49. The van der Waals surface area contributed by atoms with Crippen molar-refractivity contribution in [3.05, 3.63) is 59.8 Å². The van der Waals surface area contributed by atoms with Crippen LogP contribution in [0.5, 0.6) is 0 Å². The van der Waals surface area contributed by atoms with Crippen molar-refractivity contribution in [1.29, 1.82) is 0 Å². The molecule has 0 aromatic carbocycles. The molecule has 33 heavy (non-hydrogen) atoms. The fourth-order valence-electron chi connectivity index (χ4n) is 4.51. The highest BCUT2D eigenvalue weighted by Crippen LogP contribution is 2.28. The van der Waals surface area contributed by atoms with E-state index in [1.54, 1.807) is 0 Å². The van der Waals surface area contributed by atoms with Crippen molar-refractivity contribution in [2.75, 3.05) is 0 Å². The molecule has 0 spiro atoms. The number of cyclic esters (lactones) is 1. The molecule has 2 aliphatic rings. The van der Waals surface area contributed by atoms with E-state index < -0.39 is 0 Å². The summed E-state index contributed by atoms with van der Waals surface area (Å²) in [6.45, 7) is 10.5. The Balaban J connectivity index is 1.78. The average molecular weight is 458 g/mol. The van der Waals surface area contributed by atoms with E-state index in [4.69, 9.17) is 15.2 Å². The maximum Gasteiger partial charge on any atom is 0.331 e. The largest absolute Gasteiger partial charge is 0.455 e. The summed E-state index contributed by atoms with van der Waals surface area (Å²) in [6, 6.07) is -0.0858. The minimum atomic E-state index is -0.375. The highest BCUT2D eigenvalue weighted by molar-refractivity contribution is 5.82. The van der Waals surface area contributed by atoms with Crippen molar-refractivity contribution in [3.63, 3.8) is 0 Å². The van der Waals surface area contributed by atoms with Crippen LogP contribution in [0.15, 0.2) is 59.8 Å². The molecule has 3 N–H and O–H groups in total. The highest BCUT2D eigenvalue weighted by Gasteiger charge is 2.35. The molecule has 184 valence electrons. The van der Waals surface area contributed by atoms with Crippen LogP contribution in [-0.4, -0.2) is 41.5 Å². The van der Waals surface area contributed by atoms with Gasteiger partial charge in [0.25, 0.3) is 0 Å². The molecular weight excluding hydrogens is 414 g/mol. The number of esters is 1. The number of hydrogen-bond donors (Lipinski definition) is 2. The SMILES string of the molecule is C/C=C/[C@@H]1O[C@H]([C@@H](N)CC/C=C(\C)C[C@@H](C)/C=C(C)\C=C\[C@H]2CC=CC(=O)O2)C[C@@H](O)[C@@H]1C. The van der Waals surface area contributed by atoms with Gasteiger partial charge in [-0.05, 0) is 52.0 Å². The molecule has 0 unspecified atom stereocenters. The molecule has 1 saturated heterocycles. The maximum atomic E-state index is 11.3. The quantitative estimate of drug-likeness (QED) is 0.269. The molecule has 2 aliphatic heterocycles. The Morgan fingerprint density at radius 2 is 2.09 bits per heavy atom. The molecule has 0 aliphatic carbocycles. The summed E-state index contributed by atoms with van der Waals surface area (Å²) < 4.78 is 11.4. The molecule has 0 aromatic heterocycles. The zero-order valence-corrected chi connectivity index (χ0v) is 20.9. The lowest BCUT2D eigenvalue weighted by atomic mass is 9.87. The first kappa shape index (κ1) is 27.3. The molecular formula is C28H43NO4. The highest BCUT2D eigenvalue weighted by atomic mass is 16.5. The Morgan fingerprint density at radius 1 is 1.33 bits per heavy atom. The van der Waals surface area contributed by atoms with E-state index in [1.165, 1.54) is 17.2 Å². The minimum absolute atomic E-state index is 0.0707. The van der Waals surface area contributed by atoms with Crippen molar-refractivity contribution in [3.8, 4) is 0 Å². The zero-order chi connectivity index (χ0) is 24.4. The van der Waals surface area contributed by atoms with E-state index in [-0.39, 0.29) is 42.3 Å². The van der Waals surface area contributed by atoms with E-state index >= 15 is 0 Å². The first-order valence-corrected chi connectivity index (χ1v) is 12.3. The van der Waals surface area contributed by atoms with Crippen molar-refractivity contribution in [2.45, 2.75) is 97.2 Å². The van der Waals surface area contributed by atoms with Gasteiger partial charge in [0.2, 0.25) is 0 Å². The fourth-order valence-corrected chi connectivity index (χ4v) is 4.51. The second kappa shape index (κ2) is 13.7. The second-order valence-corrected chi connectivity index (χ2v) is 9.68. The number of rotatable bonds is 10. The van der Waals surface area contributed by atoms with Crippen LogP contribution in [0.2, 0.25) is 0 Å². The predicted octanol–water partition coefficient (Wildman–Crippen LogP) is 5.17. The van der Waals surface area contributed by atoms with Gasteiger partial charge >= 0.3 is 5.97 Å². The van der Waals surface area contributed by atoms with E-state index in [0.29, 0.717) is 12.3 Å². The Hall–Kier alpha value is -1.95. The van der Waals surface area contributed by atoms with Gasteiger partial charge in [-0.25, -0.2) is 4.79 Å². The number of allylic oxidation sites excluding steroid dienone is 6. The summed E-state index contributed by atoms with van der Waals surface area (Å²) in [5.41, 5.74) is 8.94. The van der Waals surface area contributed by atoms with E-state index in [9.17, 15) is 9.90 Å². The summed E-state index contributed by atoms with van der Waals surface area (Å²) in [5.74, 6) is 0.229. The molecule has 7 atom stereocenters. The van der Waals surface area contributed by atoms with Gasteiger partial charge in [-0.3, -0.25) is 0 Å². The average Bonchev–Trinajstić information content (AvgIpc) is 2.75. The van der Waals surface area contributed by atoms with Crippen LogP contribution in [0.25, 0.3) is 0 Å². The minimum Gasteiger partial charge on any atom is -0.455 e. The zero-order valence-electron chi connectivity index (χ0n) is 20.9. The lowest BCUT2D eigenvalue weighted by molar-refractivity contribution is -0.141.